The van der Waals surface area contributed by atoms with Crippen LogP contribution in [0.2, 0.25) is 0 Å². The summed E-state index contributed by atoms with van der Waals surface area (Å²) in [7, 11) is 2.01. The van der Waals surface area contributed by atoms with Gasteiger partial charge in [0.25, 0.3) is 0 Å². The van der Waals surface area contributed by atoms with Gasteiger partial charge in [-0.25, -0.2) is 0 Å². The van der Waals surface area contributed by atoms with Crippen LogP contribution in [0.1, 0.15) is 31.2 Å². The van der Waals surface area contributed by atoms with Crippen molar-refractivity contribution in [2.45, 2.75) is 37.1 Å². The molecular weight excluding hydrogens is 196 g/mol. The second-order valence-corrected chi connectivity index (χ2v) is 4.62. The fourth-order valence-corrected chi connectivity index (χ4v) is 2.62. The summed E-state index contributed by atoms with van der Waals surface area (Å²) < 4.78 is 0. The predicted octanol–water partition coefficient (Wildman–Crippen LogP) is 2.61. The lowest BCUT2D eigenvalue weighted by molar-refractivity contribution is 0.306. The second-order valence-electron chi connectivity index (χ2n) is 4.62. The van der Waals surface area contributed by atoms with Gasteiger partial charge >= 0.3 is 0 Å². The highest BCUT2D eigenvalue weighted by Gasteiger charge is 2.36. The maximum atomic E-state index is 9.48. The topological polar surface area (TPSA) is 35.8 Å². The van der Waals surface area contributed by atoms with Crippen LogP contribution in [-0.2, 0) is 5.41 Å². The molecule has 2 heteroatoms. The monoisotopic (exact) mass is 214 g/mol. The minimum atomic E-state index is -0.241. The number of nitriles is 1. The van der Waals surface area contributed by atoms with Crippen molar-refractivity contribution in [2.75, 3.05) is 7.05 Å². The van der Waals surface area contributed by atoms with E-state index >= 15 is 0 Å². The van der Waals surface area contributed by atoms with E-state index in [1.54, 1.807) is 0 Å². The molecule has 0 saturated heterocycles. The lowest BCUT2D eigenvalue weighted by atomic mass is 9.69. The molecule has 16 heavy (non-hydrogen) atoms. The molecule has 1 aromatic carbocycles. The number of nitrogens with one attached hydrogen (secondary N) is 1. The van der Waals surface area contributed by atoms with Crippen LogP contribution in [0.15, 0.2) is 30.3 Å². The molecule has 2 rings (SSSR count). The Morgan fingerprint density at radius 3 is 2.38 bits per heavy atom. The van der Waals surface area contributed by atoms with Gasteiger partial charge < -0.3 is 5.32 Å². The first kappa shape index (κ1) is 11.2. The molecule has 1 aliphatic carbocycles. The zero-order valence-electron chi connectivity index (χ0n) is 9.74. The number of nitrogens with zero attached hydrogens (tertiary/aromatic N) is 1. The van der Waals surface area contributed by atoms with Crippen molar-refractivity contribution < 1.29 is 0 Å². The first-order chi connectivity index (χ1) is 7.80. The van der Waals surface area contributed by atoms with Crippen LogP contribution in [0, 0.1) is 11.3 Å². The molecule has 0 aliphatic heterocycles. The Morgan fingerprint density at radius 2 is 1.88 bits per heavy atom. The van der Waals surface area contributed by atoms with Crippen molar-refractivity contribution in [1.29, 1.82) is 5.26 Å². The van der Waals surface area contributed by atoms with Crippen LogP contribution in [0.4, 0.5) is 0 Å². The molecule has 0 heterocycles. The molecule has 0 spiro atoms. The number of hydrogen-bond acceptors (Lipinski definition) is 2. The molecule has 1 aromatic rings. The Kier molecular flexibility index (Phi) is 3.26. The zero-order valence-corrected chi connectivity index (χ0v) is 9.74. The minimum Gasteiger partial charge on any atom is -0.317 e. The Morgan fingerprint density at radius 1 is 1.25 bits per heavy atom. The summed E-state index contributed by atoms with van der Waals surface area (Å²) in [6.07, 6.45) is 4.13. The van der Waals surface area contributed by atoms with Crippen molar-refractivity contribution >= 4 is 0 Å². The quantitative estimate of drug-likeness (QED) is 0.821. The van der Waals surface area contributed by atoms with Gasteiger partial charge in [-0.3, -0.25) is 0 Å². The molecule has 1 aliphatic rings. The van der Waals surface area contributed by atoms with Gasteiger partial charge in [-0.15, -0.1) is 0 Å². The summed E-state index contributed by atoms with van der Waals surface area (Å²) in [6.45, 7) is 0. The highest BCUT2D eigenvalue weighted by atomic mass is 14.9. The van der Waals surface area contributed by atoms with Crippen molar-refractivity contribution in [3.05, 3.63) is 35.9 Å². The Bertz CT molecular complexity index is 369. The maximum Gasteiger partial charge on any atom is 0.0823 e. The van der Waals surface area contributed by atoms with Gasteiger partial charge in [0.2, 0.25) is 0 Å². The molecular formula is C14H18N2. The maximum absolute atomic E-state index is 9.48. The van der Waals surface area contributed by atoms with Crippen LogP contribution in [0.25, 0.3) is 0 Å². The standard InChI is InChI=1S/C14H18N2/c1-16-13-7-9-14(11-15,10-8-13)12-5-3-2-4-6-12/h2-6,13,16H,7-10H2,1H3. The first-order valence-electron chi connectivity index (χ1n) is 5.95. The largest absolute Gasteiger partial charge is 0.317 e. The predicted molar refractivity (Wildman–Crippen MR) is 65.0 cm³/mol. The summed E-state index contributed by atoms with van der Waals surface area (Å²) in [5, 5.41) is 12.8. The molecule has 0 bridgehead atoms. The summed E-state index contributed by atoms with van der Waals surface area (Å²) in [6, 6.07) is 13.4. The number of benzene rings is 1. The molecule has 0 amide bonds. The third kappa shape index (κ3) is 1.96. The second kappa shape index (κ2) is 4.67. The number of hydrogen-bond donors (Lipinski definition) is 1. The van der Waals surface area contributed by atoms with Gasteiger partial charge in [0, 0.05) is 6.04 Å². The molecule has 0 aromatic heterocycles. The average Bonchev–Trinajstić information content (AvgIpc) is 2.40. The van der Waals surface area contributed by atoms with Crippen molar-refractivity contribution in [1.82, 2.24) is 5.32 Å². The summed E-state index contributed by atoms with van der Waals surface area (Å²) >= 11 is 0. The van der Waals surface area contributed by atoms with Crippen LogP contribution in [0.3, 0.4) is 0 Å². The van der Waals surface area contributed by atoms with Crippen molar-refractivity contribution in [3.8, 4) is 6.07 Å². The summed E-state index contributed by atoms with van der Waals surface area (Å²) in [4.78, 5) is 0. The molecule has 2 nitrogen and oxygen atoms in total. The third-order valence-corrected chi connectivity index (χ3v) is 3.79. The van der Waals surface area contributed by atoms with Gasteiger partial charge in [-0.2, -0.15) is 5.26 Å². The fraction of sp³-hybridized carbons (Fsp3) is 0.500. The Hall–Kier alpha value is -1.33. The smallest absolute Gasteiger partial charge is 0.0823 e. The first-order valence-corrected chi connectivity index (χ1v) is 5.95. The molecule has 0 atom stereocenters. The van der Waals surface area contributed by atoms with Gasteiger partial charge in [-0.05, 0) is 38.3 Å². The Balaban J connectivity index is 2.20. The van der Waals surface area contributed by atoms with E-state index in [0.29, 0.717) is 6.04 Å². The highest BCUT2D eigenvalue weighted by molar-refractivity contribution is 5.33. The minimum absolute atomic E-state index is 0.241. The molecule has 0 unspecified atom stereocenters. The lowest BCUT2D eigenvalue weighted by Crippen LogP contribution is -2.37. The zero-order chi connectivity index (χ0) is 11.4. The van der Waals surface area contributed by atoms with E-state index in [1.807, 2.05) is 25.2 Å². The van der Waals surface area contributed by atoms with E-state index in [2.05, 4.69) is 23.5 Å². The van der Waals surface area contributed by atoms with E-state index in [9.17, 15) is 5.26 Å². The van der Waals surface area contributed by atoms with Gasteiger partial charge in [0.15, 0.2) is 0 Å². The van der Waals surface area contributed by atoms with Crippen LogP contribution in [-0.4, -0.2) is 13.1 Å². The number of rotatable bonds is 2. The lowest BCUT2D eigenvalue weighted by Gasteiger charge is -2.35. The van der Waals surface area contributed by atoms with E-state index in [4.69, 9.17) is 0 Å². The van der Waals surface area contributed by atoms with Crippen LogP contribution in [0.5, 0.6) is 0 Å². The van der Waals surface area contributed by atoms with E-state index in [1.165, 1.54) is 5.56 Å². The van der Waals surface area contributed by atoms with Crippen LogP contribution >= 0.6 is 0 Å². The van der Waals surface area contributed by atoms with Crippen LogP contribution < -0.4 is 5.32 Å². The van der Waals surface area contributed by atoms with E-state index < -0.39 is 0 Å². The highest BCUT2D eigenvalue weighted by Crippen LogP contribution is 2.38. The summed E-state index contributed by atoms with van der Waals surface area (Å²) in [5.74, 6) is 0. The molecule has 0 radical (unpaired) electrons. The third-order valence-electron chi connectivity index (χ3n) is 3.79. The molecule has 1 saturated carbocycles. The molecule has 1 fully saturated rings. The molecule has 84 valence electrons. The Labute approximate surface area is 97.3 Å². The average molecular weight is 214 g/mol. The van der Waals surface area contributed by atoms with Gasteiger partial charge in [0.1, 0.15) is 0 Å². The fourth-order valence-electron chi connectivity index (χ4n) is 2.62. The van der Waals surface area contributed by atoms with Crippen molar-refractivity contribution in [2.24, 2.45) is 0 Å². The van der Waals surface area contributed by atoms with Gasteiger partial charge in [-0.1, -0.05) is 30.3 Å². The van der Waals surface area contributed by atoms with E-state index in [0.717, 1.165) is 25.7 Å². The van der Waals surface area contributed by atoms with Crippen molar-refractivity contribution in [3.63, 3.8) is 0 Å². The summed E-state index contributed by atoms with van der Waals surface area (Å²) in [5.41, 5.74) is 0.946. The SMILES string of the molecule is CNC1CCC(C#N)(c2ccccc2)CC1. The van der Waals surface area contributed by atoms with Gasteiger partial charge in [0.05, 0.1) is 11.5 Å². The molecule has 1 N–H and O–H groups in total. The normalized spacial score (nSPS) is 29.6. The van der Waals surface area contributed by atoms with E-state index in [-0.39, 0.29) is 5.41 Å².